The van der Waals surface area contributed by atoms with E-state index in [0.29, 0.717) is 22.5 Å². The van der Waals surface area contributed by atoms with E-state index >= 15 is 0 Å². The zero-order chi connectivity index (χ0) is 21.6. The van der Waals surface area contributed by atoms with Gasteiger partial charge in [-0.1, -0.05) is 48.6 Å². The van der Waals surface area contributed by atoms with Gasteiger partial charge in [-0.15, -0.1) is 0 Å². The fraction of sp³-hybridized carbons (Fsp3) is 0.0769. The minimum Gasteiger partial charge on any atom is -0.255 e. The molecule has 2 aromatic rings. The molecule has 0 radical (unpaired) electrons. The van der Waals surface area contributed by atoms with E-state index in [1.54, 1.807) is 36.7 Å². The van der Waals surface area contributed by atoms with E-state index in [4.69, 9.17) is 0 Å². The number of nitrogens with zero attached hydrogens (tertiary/aromatic N) is 4. The Morgan fingerprint density at radius 1 is 0.700 bits per heavy atom. The monoisotopic (exact) mass is 390 g/mol. The van der Waals surface area contributed by atoms with E-state index in [9.17, 15) is 10.5 Å². The molecule has 0 aliphatic rings. The molecule has 0 aromatic heterocycles. The van der Waals surface area contributed by atoms with Crippen molar-refractivity contribution in [1.29, 1.82) is 10.5 Å². The lowest BCUT2D eigenvalue weighted by Crippen LogP contribution is -1.86. The Hall–Kier alpha value is -4.28. The van der Waals surface area contributed by atoms with Crippen molar-refractivity contribution in [3.8, 4) is 12.1 Å². The molecule has 0 aliphatic heterocycles. The van der Waals surface area contributed by atoms with Crippen LogP contribution in [0.5, 0.6) is 0 Å². The van der Waals surface area contributed by atoms with E-state index in [0.717, 1.165) is 11.1 Å². The predicted octanol–water partition coefficient (Wildman–Crippen LogP) is 6.54. The number of benzene rings is 2. The zero-order valence-corrected chi connectivity index (χ0v) is 17.0. The first-order valence-corrected chi connectivity index (χ1v) is 9.46. The largest absolute Gasteiger partial charge is 0.255 e. The third kappa shape index (κ3) is 6.41. The summed E-state index contributed by atoms with van der Waals surface area (Å²) in [7, 11) is 0. The Morgan fingerprint density at radius 3 is 1.47 bits per heavy atom. The van der Waals surface area contributed by atoms with Crippen molar-refractivity contribution in [2.75, 3.05) is 0 Å². The lowest BCUT2D eigenvalue weighted by atomic mass is 10.0. The van der Waals surface area contributed by atoms with Crippen molar-refractivity contribution in [2.45, 2.75) is 13.8 Å². The maximum atomic E-state index is 9.19. The summed E-state index contributed by atoms with van der Waals surface area (Å²) in [5.74, 6) is 0. The molecule has 4 nitrogen and oxygen atoms in total. The van der Waals surface area contributed by atoms with Crippen LogP contribution in [-0.4, -0.2) is 12.4 Å². The van der Waals surface area contributed by atoms with Crippen LogP contribution in [0.15, 0.2) is 106 Å². The number of para-hydroxylation sites is 2. The Bertz CT molecular complexity index is 1040. The molecule has 0 saturated carbocycles. The summed E-state index contributed by atoms with van der Waals surface area (Å²) in [5, 5.41) is 18.4. The van der Waals surface area contributed by atoms with E-state index in [2.05, 4.69) is 22.1 Å². The smallest absolute Gasteiger partial charge is 0.101 e. The van der Waals surface area contributed by atoms with Gasteiger partial charge < -0.3 is 0 Å². The number of allylic oxidation sites excluding steroid dienone is 8. The topological polar surface area (TPSA) is 72.3 Å². The van der Waals surface area contributed by atoms with Gasteiger partial charge in [0.05, 0.1) is 22.5 Å². The van der Waals surface area contributed by atoms with Gasteiger partial charge in [0.15, 0.2) is 0 Å². The fourth-order valence-electron chi connectivity index (χ4n) is 2.61. The second-order valence-electron chi connectivity index (χ2n) is 6.06. The van der Waals surface area contributed by atoms with E-state index < -0.39 is 0 Å². The van der Waals surface area contributed by atoms with Gasteiger partial charge in [0, 0.05) is 12.4 Å². The molecule has 0 aliphatic carbocycles. The summed E-state index contributed by atoms with van der Waals surface area (Å²) in [5.41, 5.74) is 4.19. The Balaban J connectivity index is 2.35. The third-order valence-corrected chi connectivity index (χ3v) is 4.01. The quantitative estimate of drug-likeness (QED) is 0.398. The van der Waals surface area contributed by atoms with Crippen LogP contribution in [0.4, 0.5) is 11.4 Å². The van der Waals surface area contributed by atoms with Gasteiger partial charge in [-0.2, -0.15) is 10.5 Å². The van der Waals surface area contributed by atoms with Crippen molar-refractivity contribution >= 4 is 23.8 Å². The van der Waals surface area contributed by atoms with E-state index in [1.165, 1.54) is 0 Å². The van der Waals surface area contributed by atoms with Crippen molar-refractivity contribution < 1.29 is 0 Å². The number of hydrogen-bond acceptors (Lipinski definition) is 4. The van der Waals surface area contributed by atoms with Crippen LogP contribution in [0.3, 0.4) is 0 Å². The van der Waals surface area contributed by atoms with Crippen molar-refractivity contribution in [2.24, 2.45) is 9.98 Å². The molecule has 146 valence electrons. The van der Waals surface area contributed by atoms with Crippen molar-refractivity contribution in [3.05, 3.63) is 107 Å². The van der Waals surface area contributed by atoms with Gasteiger partial charge in [-0.3, -0.25) is 9.98 Å². The Kier molecular flexibility index (Phi) is 8.98. The van der Waals surface area contributed by atoms with Crippen LogP contribution in [0.2, 0.25) is 0 Å². The second kappa shape index (κ2) is 12.2. The normalized spacial score (nSPS) is 12.8. The van der Waals surface area contributed by atoms with Crippen LogP contribution >= 0.6 is 0 Å². The summed E-state index contributed by atoms with van der Waals surface area (Å²) in [4.78, 5) is 8.83. The van der Waals surface area contributed by atoms with Gasteiger partial charge in [0.2, 0.25) is 0 Å². The van der Waals surface area contributed by atoms with Gasteiger partial charge in [-0.25, -0.2) is 0 Å². The van der Waals surface area contributed by atoms with Gasteiger partial charge >= 0.3 is 0 Å². The number of hydrogen-bond donors (Lipinski definition) is 0. The fourth-order valence-corrected chi connectivity index (χ4v) is 2.61. The lowest BCUT2D eigenvalue weighted by molar-refractivity contribution is 1.44. The molecule has 0 bridgehead atoms. The molecule has 0 heterocycles. The molecule has 0 spiro atoms. The Labute approximate surface area is 177 Å². The molecule has 0 saturated heterocycles. The van der Waals surface area contributed by atoms with Gasteiger partial charge in [0.1, 0.15) is 12.1 Å². The highest BCUT2D eigenvalue weighted by molar-refractivity contribution is 5.82. The van der Waals surface area contributed by atoms with Crippen LogP contribution < -0.4 is 0 Å². The van der Waals surface area contributed by atoms with Crippen molar-refractivity contribution in [3.63, 3.8) is 0 Å². The van der Waals surface area contributed by atoms with E-state index in [1.807, 2.05) is 74.6 Å². The molecular formula is C26H22N4. The molecule has 4 heteroatoms. The summed E-state index contributed by atoms with van der Waals surface area (Å²) in [6.07, 6.45) is 15.0. The molecular weight excluding hydrogens is 368 g/mol. The zero-order valence-electron chi connectivity index (χ0n) is 17.0. The first-order valence-electron chi connectivity index (χ1n) is 9.46. The molecule has 0 amide bonds. The summed E-state index contributed by atoms with van der Waals surface area (Å²) in [6.45, 7) is 3.89. The maximum Gasteiger partial charge on any atom is 0.101 e. The highest BCUT2D eigenvalue weighted by atomic mass is 14.7. The number of aliphatic imine (C=N–C) groups is 2. The number of rotatable bonds is 7. The van der Waals surface area contributed by atoms with Crippen LogP contribution in [0.25, 0.3) is 0 Å². The first kappa shape index (κ1) is 22.0. The average molecular weight is 390 g/mol. The summed E-state index contributed by atoms with van der Waals surface area (Å²) in [6, 6.07) is 18.7. The minimum atomic E-state index is 0.530. The SMILES string of the molecule is C\C=C/C(=C/C=Nc1ccccc1C#N)C(/C=C\C)=C/C=Nc1ccccc1C#N. The average Bonchev–Trinajstić information content (AvgIpc) is 2.78. The molecule has 2 aromatic carbocycles. The highest BCUT2D eigenvalue weighted by Gasteiger charge is 2.00. The molecule has 0 fully saturated rings. The molecule has 0 atom stereocenters. The van der Waals surface area contributed by atoms with Gasteiger partial charge in [-0.05, 0) is 61.4 Å². The van der Waals surface area contributed by atoms with E-state index in [-0.39, 0.29) is 0 Å². The first-order chi connectivity index (χ1) is 14.7. The maximum absolute atomic E-state index is 9.19. The summed E-state index contributed by atoms with van der Waals surface area (Å²) >= 11 is 0. The molecule has 30 heavy (non-hydrogen) atoms. The second-order valence-corrected chi connectivity index (χ2v) is 6.06. The number of nitriles is 2. The predicted molar refractivity (Wildman–Crippen MR) is 124 cm³/mol. The molecule has 0 N–H and O–H groups in total. The van der Waals surface area contributed by atoms with Crippen LogP contribution in [0.1, 0.15) is 25.0 Å². The summed E-state index contributed by atoms with van der Waals surface area (Å²) < 4.78 is 0. The van der Waals surface area contributed by atoms with Crippen LogP contribution in [-0.2, 0) is 0 Å². The van der Waals surface area contributed by atoms with Crippen molar-refractivity contribution in [1.82, 2.24) is 0 Å². The minimum absolute atomic E-state index is 0.530. The lowest BCUT2D eigenvalue weighted by Gasteiger charge is -2.02. The molecule has 2 rings (SSSR count). The highest BCUT2D eigenvalue weighted by Crippen LogP contribution is 2.19. The van der Waals surface area contributed by atoms with Gasteiger partial charge in [0.25, 0.3) is 0 Å². The third-order valence-electron chi connectivity index (χ3n) is 4.01. The molecule has 0 unspecified atom stereocenters. The van der Waals surface area contributed by atoms with Crippen LogP contribution in [0, 0.1) is 22.7 Å². The standard InChI is InChI=1S/C26H22N4/c1-3-9-21(15-17-29-25-13-7-5-11-23(25)19-27)22(10-4-2)16-18-30-26-14-8-6-12-24(26)20-28/h3-18H,1-2H3/b9-3-,10-4-,21-15-,22-16+,29-17?,30-18?. The Morgan fingerprint density at radius 2 is 1.10 bits per heavy atom.